The van der Waals surface area contributed by atoms with Gasteiger partial charge in [-0.3, -0.25) is 4.79 Å². The van der Waals surface area contributed by atoms with Gasteiger partial charge in [0.1, 0.15) is 6.42 Å². The van der Waals surface area contributed by atoms with Gasteiger partial charge in [-0.15, -0.1) is 0 Å². The summed E-state index contributed by atoms with van der Waals surface area (Å²) >= 11 is 3.09. The second-order valence-corrected chi connectivity index (χ2v) is 3.93. The molecule has 1 aromatic rings. The Morgan fingerprint density at radius 1 is 1.44 bits per heavy atom. The third-order valence-corrected chi connectivity index (χ3v) is 2.32. The van der Waals surface area contributed by atoms with E-state index in [0.717, 1.165) is 0 Å². The number of nitrogens with two attached hydrogens (primary N) is 1. The number of amides is 1. The van der Waals surface area contributed by atoms with Crippen molar-refractivity contribution in [1.82, 2.24) is 0 Å². The SMILES string of the molecule is Nc1ccc(Br)c(NC(=O)CC(F)(F)F)c1. The first-order chi connectivity index (χ1) is 7.28. The largest absolute Gasteiger partial charge is 0.399 e. The van der Waals surface area contributed by atoms with Crippen molar-refractivity contribution in [2.45, 2.75) is 12.6 Å². The highest BCUT2D eigenvalue weighted by Gasteiger charge is 2.31. The first-order valence-electron chi connectivity index (χ1n) is 4.19. The Hall–Kier alpha value is -1.24. The summed E-state index contributed by atoms with van der Waals surface area (Å²) in [7, 11) is 0. The van der Waals surface area contributed by atoms with Crippen LogP contribution in [0.25, 0.3) is 0 Å². The topological polar surface area (TPSA) is 55.1 Å². The third-order valence-electron chi connectivity index (χ3n) is 1.63. The van der Waals surface area contributed by atoms with Crippen molar-refractivity contribution < 1.29 is 18.0 Å². The van der Waals surface area contributed by atoms with Gasteiger partial charge in [0.05, 0.1) is 5.69 Å². The van der Waals surface area contributed by atoms with Crippen LogP contribution in [0.15, 0.2) is 22.7 Å². The molecule has 1 amide bonds. The van der Waals surface area contributed by atoms with Crippen molar-refractivity contribution in [3.63, 3.8) is 0 Å². The maximum Gasteiger partial charge on any atom is 0.397 e. The summed E-state index contributed by atoms with van der Waals surface area (Å²) in [5, 5.41) is 2.12. The molecule has 16 heavy (non-hydrogen) atoms. The van der Waals surface area contributed by atoms with E-state index in [-0.39, 0.29) is 5.69 Å². The molecule has 0 bridgehead atoms. The van der Waals surface area contributed by atoms with Crippen LogP contribution in [0.1, 0.15) is 6.42 Å². The molecule has 0 atom stereocenters. The first-order valence-corrected chi connectivity index (χ1v) is 4.99. The van der Waals surface area contributed by atoms with Crippen LogP contribution in [0, 0.1) is 0 Å². The molecule has 0 aliphatic heterocycles. The average molecular weight is 297 g/mol. The Morgan fingerprint density at radius 3 is 2.62 bits per heavy atom. The lowest BCUT2D eigenvalue weighted by atomic mass is 10.2. The molecule has 0 saturated carbocycles. The number of halogens is 4. The molecule has 0 radical (unpaired) electrons. The standard InChI is InChI=1S/C9H8BrF3N2O/c10-6-2-1-5(14)3-7(6)15-8(16)4-9(11,12)13/h1-3H,4,14H2,(H,15,16). The molecule has 1 rings (SSSR count). The maximum absolute atomic E-state index is 11.9. The Morgan fingerprint density at radius 2 is 2.06 bits per heavy atom. The summed E-state index contributed by atoms with van der Waals surface area (Å²) in [4.78, 5) is 11.0. The fraction of sp³-hybridized carbons (Fsp3) is 0.222. The highest BCUT2D eigenvalue weighted by atomic mass is 79.9. The molecule has 0 unspecified atom stereocenters. The molecular formula is C9H8BrF3N2O. The summed E-state index contributed by atoms with van der Waals surface area (Å²) in [6, 6.07) is 4.47. The molecule has 88 valence electrons. The van der Waals surface area contributed by atoms with Crippen molar-refractivity contribution in [2.75, 3.05) is 11.1 Å². The maximum atomic E-state index is 11.9. The molecule has 0 spiro atoms. The van der Waals surface area contributed by atoms with Crippen LogP contribution in [0.3, 0.4) is 0 Å². The van der Waals surface area contributed by atoms with Crippen LogP contribution >= 0.6 is 15.9 Å². The van der Waals surface area contributed by atoms with Gasteiger partial charge in [-0.05, 0) is 34.1 Å². The summed E-state index contributed by atoms with van der Waals surface area (Å²) < 4.78 is 36.1. The Labute approximate surface area is 97.9 Å². The number of anilines is 2. The molecule has 7 heteroatoms. The molecule has 3 nitrogen and oxygen atoms in total. The van der Waals surface area contributed by atoms with Crippen LogP contribution in [0.5, 0.6) is 0 Å². The molecule has 0 aliphatic rings. The highest BCUT2D eigenvalue weighted by Crippen LogP contribution is 2.26. The molecule has 3 N–H and O–H groups in total. The minimum Gasteiger partial charge on any atom is -0.399 e. The lowest BCUT2D eigenvalue weighted by Crippen LogP contribution is -2.21. The zero-order valence-electron chi connectivity index (χ0n) is 7.94. The average Bonchev–Trinajstić information content (AvgIpc) is 2.08. The van der Waals surface area contributed by atoms with Gasteiger partial charge in [0.25, 0.3) is 0 Å². The van der Waals surface area contributed by atoms with Crippen LogP contribution < -0.4 is 11.1 Å². The van der Waals surface area contributed by atoms with Crippen molar-refractivity contribution in [3.05, 3.63) is 22.7 Å². The van der Waals surface area contributed by atoms with Crippen LogP contribution in [-0.2, 0) is 4.79 Å². The van der Waals surface area contributed by atoms with Crippen LogP contribution in [0.2, 0.25) is 0 Å². The van der Waals surface area contributed by atoms with Gasteiger partial charge in [0.15, 0.2) is 0 Å². The monoisotopic (exact) mass is 296 g/mol. The number of carbonyl (C=O) groups excluding carboxylic acids is 1. The second kappa shape index (κ2) is 4.73. The van der Waals surface area contributed by atoms with E-state index in [4.69, 9.17) is 5.73 Å². The Balaban J connectivity index is 2.73. The quantitative estimate of drug-likeness (QED) is 0.825. The number of rotatable bonds is 2. The van der Waals surface area contributed by atoms with Crippen LogP contribution in [-0.4, -0.2) is 12.1 Å². The number of carbonyl (C=O) groups is 1. The summed E-state index contributed by atoms with van der Waals surface area (Å²) in [5.41, 5.74) is 6.01. The lowest BCUT2D eigenvalue weighted by molar-refractivity contribution is -0.150. The minimum atomic E-state index is -4.52. The van der Waals surface area contributed by atoms with Gasteiger partial charge in [-0.25, -0.2) is 0 Å². The number of nitrogens with one attached hydrogen (secondary N) is 1. The normalized spacial score (nSPS) is 11.2. The van der Waals surface area contributed by atoms with Gasteiger partial charge >= 0.3 is 6.18 Å². The second-order valence-electron chi connectivity index (χ2n) is 3.08. The number of nitrogen functional groups attached to an aromatic ring is 1. The van der Waals surface area contributed by atoms with Crippen molar-refractivity contribution in [3.8, 4) is 0 Å². The molecule has 1 aromatic carbocycles. The number of alkyl halides is 3. The van der Waals surface area contributed by atoms with E-state index in [2.05, 4.69) is 21.2 Å². The molecule has 0 aromatic heterocycles. The van der Waals surface area contributed by atoms with E-state index in [1.165, 1.54) is 6.07 Å². The van der Waals surface area contributed by atoms with Crippen molar-refractivity contribution in [2.24, 2.45) is 0 Å². The van der Waals surface area contributed by atoms with E-state index in [1.807, 2.05) is 0 Å². The predicted octanol–water partition coefficient (Wildman–Crippen LogP) is 2.92. The zero-order chi connectivity index (χ0) is 12.3. The fourth-order valence-corrected chi connectivity index (χ4v) is 1.36. The fourth-order valence-electron chi connectivity index (χ4n) is 1.02. The summed E-state index contributed by atoms with van der Waals surface area (Å²) in [6.07, 6.45) is -6.04. The first kappa shape index (κ1) is 12.8. The van der Waals surface area contributed by atoms with E-state index >= 15 is 0 Å². The Kier molecular flexibility index (Phi) is 3.79. The molecule has 0 fully saturated rings. The van der Waals surface area contributed by atoms with E-state index in [0.29, 0.717) is 10.2 Å². The molecule has 0 saturated heterocycles. The van der Waals surface area contributed by atoms with Gasteiger partial charge in [0, 0.05) is 10.2 Å². The third kappa shape index (κ3) is 4.09. The molecule has 0 heterocycles. The van der Waals surface area contributed by atoms with E-state index < -0.39 is 18.5 Å². The van der Waals surface area contributed by atoms with Gasteiger partial charge in [-0.1, -0.05) is 0 Å². The smallest absolute Gasteiger partial charge is 0.397 e. The van der Waals surface area contributed by atoms with Gasteiger partial charge < -0.3 is 11.1 Å². The van der Waals surface area contributed by atoms with Gasteiger partial charge in [0.2, 0.25) is 5.91 Å². The summed E-state index contributed by atoms with van der Waals surface area (Å²) in [5.74, 6) is -1.13. The lowest BCUT2D eigenvalue weighted by Gasteiger charge is -2.09. The summed E-state index contributed by atoms with van der Waals surface area (Å²) in [6.45, 7) is 0. The predicted molar refractivity (Wildman–Crippen MR) is 57.9 cm³/mol. The van der Waals surface area contributed by atoms with Gasteiger partial charge in [-0.2, -0.15) is 13.2 Å². The molecular weight excluding hydrogens is 289 g/mol. The zero-order valence-corrected chi connectivity index (χ0v) is 9.52. The number of hydrogen-bond donors (Lipinski definition) is 2. The molecule has 0 aliphatic carbocycles. The highest BCUT2D eigenvalue weighted by molar-refractivity contribution is 9.10. The Bertz CT molecular complexity index is 406. The van der Waals surface area contributed by atoms with E-state index in [9.17, 15) is 18.0 Å². The number of benzene rings is 1. The van der Waals surface area contributed by atoms with Crippen LogP contribution in [0.4, 0.5) is 24.5 Å². The minimum absolute atomic E-state index is 0.217. The number of hydrogen-bond acceptors (Lipinski definition) is 2. The van der Waals surface area contributed by atoms with E-state index in [1.54, 1.807) is 12.1 Å². The van der Waals surface area contributed by atoms with Crippen molar-refractivity contribution >= 4 is 33.2 Å². The van der Waals surface area contributed by atoms with Crippen molar-refractivity contribution in [1.29, 1.82) is 0 Å².